The van der Waals surface area contributed by atoms with Crippen molar-refractivity contribution < 1.29 is 24.6 Å². The van der Waals surface area contributed by atoms with E-state index in [-0.39, 0.29) is 5.82 Å². The molecule has 0 spiro atoms. The second-order valence-electron chi connectivity index (χ2n) is 4.06. The molecule has 1 heterocycles. The number of hydrogen-bond acceptors (Lipinski definition) is 8. The molecule has 24 heavy (non-hydrogen) atoms. The lowest BCUT2D eigenvalue weighted by atomic mass is 10.2. The Kier molecular flexibility index (Phi) is 6.55. The van der Waals surface area contributed by atoms with Gasteiger partial charge in [-0.15, -0.1) is 0 Å². The first-order chi connectivity index (χ1) is 11.4. The number of hydrogen-bond donors (Lipinski definition) is 3. The molecular weight excluding hydrogens is 322 g/mol. The van der Waals surface area contributed by atoms with Crippen molar-refractivity contribution >= 4 is 29.8 Å². The van der Waals surface area contributed by atoms with Crippen LogP contribution in [0.25, 0.3) is 10.4 Å². The summed E-state index contributed by atoms with van der Waals surface area (Å²) in [5.74, 6) is -4.06. The van der Waals surface area contributed by atoms with Gasteiger partial charge in [-0.25, -0.2) is 19.8 Å². The van der Waals surface area contributed by atoms with Gasteiger partial charge in [0.1, 0.15) is 12.3 Å². The van der Waals surface area contributed by atoms with Gasteiger partial charge in [-0.05, 0) is 12.5 Å². The zero-order valence-corrected chi connectivity index (χ0v) is 12.2. The van der Waals surface area contributed by atoms with Crippen molar-refractivity contribution in [3.63, 3.8) is 0 Å². The number of aliphatic hydroxyl groups is 1. The molecule has 12 heteroatoms. The molecule has 3 N–H and O–H groups in total. The number of aromatic nitrogens is 2. The van der Waals surface area contributed by atoms with E-state index in [0.717, 1.165) is 19.3 Å². The van der Waals surface area contributed by atoms with Crippen LogP contribution < -0.4 is 5.32 Å². The van der Waals surface area contributed by atoms with E-state index in [4.69, 9.17) is 10.6 Å². The molecule has 124 valence electrons. The first-order valence-electron chi connectivity index (χ1n) is 6.20. The Hall–Kier alpha value is -3.79. The summed E-state index contributed by atoms with van der Waals surface area (Å²) in [6, 6.07) is 0. The smallest absolute Gasteiger partial charge is 0.358 e. The fourth-order valence-corrected chi connectivity index (χ4v) is 1.35. The first-order valence-corrected chi connectivity index (χ1v) is 6.20. The number of carbonyl (C=O) groups is 3. The number of azide groups is 1. The maximum atomic E-state index is 11.9. The highest BCUT2D eigenvalue weighted by Gasteiger charge is 2.16. The molecule has 0 radical (unpaired) electrons. The fourth-order valence-electron chi connectivity index (χ4n) is 1.35. The Morgan fingerprint density at radius 3 is 2.58 bits per heavy atom. The average Bonchev–Trinajstić information content (AvgIpc) is 2.53. The number of nitrogens with zero attached hydrogens (tertiary/aromatic N) is 6. The number of imide groups is 1. The van der Waals surface area contributed by atoms with Gasteiger partial charge in [0.2, 0.25) is 5.91 Å². The lowest BCUT2D eigenvalue weighted by molar-refractivity contribution is -0.127. The topological polar surface area (TPSA) is 191 Å². The van der Waals surface area contributed by atoms with Crippen molar-refractivity contribution in [1.82, 2.24) is 15.3 Å². The SMILES string of the molecule is C/C(O)=C(\C=Nc1nccnc1C(=O)O)C(=O)NC(=O)CN=[N+]=[N-]. The summed E-state index contributed by atoms with van der Waals surface area (Å²) in [4.78, 5) is 47.5. The predicted molar refractivity (Wildman–Crippen MR) is 79.6 cm³/mol. The van der Waals surface area contributed by atoms with Gasteiger partial charge in [0.15, 0.2) is 11.5 Å². The van der Waals surface area contributed by atoms with Crippen molar-refractivity contribution in [2.45, 2.75) is 6.92 Å². The summed E-state index contributed by atoms with van der Waals surface area (Å²) in [5, 5.41) is 23.3. The number of amides is 2. The number of aliphatic hydroxyl groups excluding tert-OH is 1. The van der Waals surface area contributed by atoms with Crippen molar-refractivity contribution in [1.29, 1.82) is 0 Å². The maximum absolute atomic E-state index is 11.9. The minimum Gasteiger partial charge on any atom is -0.512 e. The van der Waals surface area contributed by atoms with Crippen molar-refractivity contribution in [2.75, 3.05) is 6.54 Å². The summed E-state index contributed by atoms with van der Waals surface area (Å²) >= 11 is 0. The summed E-state index contributed by atoms with van der Waals surface area (Å²) in [6.07, 6.45) is 3.18. The van der Waals surface area contributed by atoms with E-state index in [9.17, 15) is 19.5 Å². The number of aliphatic imine (C=N–C) groups is 1. The van der Waals surface area contributed by atoms with Gasteiger partial charge in [0, 0.05) is 23.5 Å². The molecule has 0 aliphatic heterocycles. The number of nitrogens with one attached hydrogen (secondary N) is 1. The van der Waals surface area contributed by atoms with E-state index in [1.807, 2.05) is 5.32 Å². The van der Waals surface area contributed by atoms with Crippen molar-refractivity contribution in [2.24, 2.45) is 10.1 Å². The lowest BCUT2D eigenvalue weighted by Gasteiger charge is -2.04. The molecule has 0 atom stereocenters. The number of aromatic carboxylic acids is 1. The Labute approximate surface area is 134 Å². The molecule has 0 unspecified atom stereocenters. The van der Waals surface area contributed by atoms with Gasteiger partial charge in [-0.2, -0.15) is 0 Å². The van der Waals surface area contributed by atoms with E-state index in [1.165, 1.54) is 6.20 Å². The van der Waals surface area contributed by atoms with Gasteiger partial charge >= 0.3 is 5.97 Å². The number of allylic oxidation sites excluding steroid dienone is 1. The molecule has 1 aromatic heterocycles. The fraction of sp³-hybridized carbons (Fsp3) is 0.167. The number of rotatable bonds is 6. The Morgan fingerprint density at radius 2 is 2.00 bits per heavy atom. The third kappa shape index (κ3) is 5.20. The van der Waals surface area contributed by atoms with Crippen LogP contribution in [-0.4, -0.2) is 50.7 Å². The average molecular weight is 333 g/mol. The second-order valence-corrected chi connectivity index (χ2v) is 4.06. The number of carboxylic acids is 1. The molecule has 0 aliphatic rings. The highest BCUT2D eigenvalue weighted by molar-refractivity contribution is 6.17. The highest BCUT2D eigenvalue weighted by Crippen LogP contribution is 2.12. The van der Waals surface area contributed by atoms with Crippen molar-refractivity contribution in [3.05, 3.63) is 39.9 Å². The van der Waals surface area contributed by atoms with Gasteiger partial charge in [-0.3, -0.25) is 14.9 Å². The van der Waals surface area contributed by atoms with Crippen LogP contribution in [0.15, 0.2) is 33.8 Å². The third-order valence-corrected chi connectivity index (χ3v) is 2.36. The summed E-state index contributed by atoms with van der Waals surface area (Å²) in [5.41, 5.74) is 7.22. The van der Waals surface area contributed by atoms with Gasteiger partial charge in [-0.1, -0.05) is 5.11 Å². The molecule has 0 saturated heterocycles. The minimum atomic E-state index is -1.38. The van der Waals surface area contributed by atoms with E-state index in [1.54, 1.807) is 0 Å². The van der Waals surface area contributed by atoms with Crippen LogP contribution in [0.4, 0.5) is 5.82 Å². The minimum absolute atomic E-state index is 0.294. The zero-order chi connectivity index (χ0) is 18.1. The number of carboxylic acid groups (broad SMARTS) is 1. The summed E-state index contributed by atoms with van der Waals surface area (Å²) in [7, 11) is 0. The molecule has 0 bridgehead atoms. The highest BCUT2D eigenvalue weighted by atomic mass is 16.4. The van der Waals surface area contributed by atoms with E-state index < -0.39 is 41.4 Å². The molecule has 1 rings (SSSR count). The van der Waals surface area contributed by atoms with Crippen LogP contribution >= 0.6 is 0 Å². The van der Waals surface area contributed by atoms with Crippen LogP contribution in [0.1, 0.15) is 17.4 Å². The van der Waals surface area contributed by atoms with Gasteiger partial charge < -0.3 is 10.2 Å². The van der Waals surface area contributed by atoms with Crippen LogP contribution in [0, 0.1) is 0 Å². The van der Waals surface area contributed by atoms with E-state index in [2.05, 4.69) is 25.0 Å². The second kappa shape index (κ2) is 8.60. The molecule has 1 aromatic rings. The van der Waals surface area contributed by atoms with E-state index in [0.29, 0.717) is 0 Å². The molecule has 0 saturated carbocycles. The summed E-state index contributed by atoms with van der Waals surface area (Å²) < 4.78 is 0. The van der Waals surface area contributed by atoms with Gasteiger partial charge in [0.25, 0.3) is 5.91 Å². The monoisotopic (exact) mass is 333 g/mol. The molecule has 0 aliphatic carbocycles. The lowest BCUT2D eigenvalue weighted by Crippen LogP contribution is -2.34. The van der Waals surface area contributed by atoms with Crippen LogP contribution in [0.2, 0.25) is 0 Å². The van der Waals surface area contributed by atoms with E-state index >= 15 is 0 Å². The van der Waals surface area contributed by atoms with Crippen LogP contribution in [0.5, 0.6) is 0 Å². The van der Waals surface area contributed by atoms with Crippen molar-refractivity contribution in [3.8, 4) is 0 Å². The molecule has 12 nitrogen and oxygen atoms in total. The van der Waals surface area contributed by atoms with Gasteiger partial charge in [0.05, 0.1) is 5.57 Å². The zero-order valence-electron chi connectivity index (χ0n) is 12.2. The Bertz CT molecular complexity index is 776. The molecule has 2 amide bonds. The Balaban J connectivity index is 3.02. The predicted octanol–water partition coefficient (Wildman–Crippen LogP) is 0.662. The largest absolute Gasteiger partial charge is 0.512 e. The molecule has 0 fully saturated rings. The standard InChI is InChI=1S/C12H11N7O5/c1-6(20)7(11(22)18-8(21)5-17-19-13)4-16-10-9(12(23)24)14-2-3-15-10/h2-4,20H,5H2,1H3,(H,23,24)(H,18,21,22)/b7-6-,16-4?. The maximum Gasteiger partial charge on any atom is 0.358 e. The van der Waals surface area contributed by atoms with Crippen LogP contribution in [0.3, 0.4) is 0 Å². The normalized spacial score (nSPS) is 11.4. The molecule has 0 aromatic carbocycles. The quantitative estimate of drug-likeness (QED) is 0.170. The Morgan fingerprint density at radius 1 is 1.33 bits per heavy atom. The van der Waals surface area contributed by atoms with Crippen LogP contribution in [-0.2, 0) is 9.59 Å². The number of carbonyl (C=O) groups excluding carboxylic acids is 2. The first kappa shape index (κ1) is 18.3. The molecular formula is C12H11N7O5. The summed E-state index contributed by atoms with van der Waals surface area (Å²) in [6.45, 7) is 0.554. The third-order valence-electron chi connectivity index (χ3n) is 2.36.